The summed E-state index contributed by atoms with van der Waals surface area (Å²) in [6, 6.07) is 2.89. The van der Waals surface area contributed by atoms with E-state index in [1.165, 1.54) is 17.6 Å². The van der Waals surface area contributed by atoms with E-state index >= 15 is 0 Å². The van der Waals surface area contributed by atoms with E-state index < -0.39 is 5.60 Å². The van der Waals surface area contributed by atoms with E-state index in [1.54, 1.807) is 25.3 Å². The number of hydrogen-bond acceptors (Lipinski definition) is 5. The summed E-state index contributed by atoms with van der Waals surface area (Å²) in [6.45, 7) is 3.62. The second kappa shape index (κ2) is 6.73. The maximum atomic E-state index is 11.9. The van der Waals surface area contributed by atoms with Crippen molar-refractivity contribution in [1.82, 2.24) is 15.6 Å². The van der Waals surface area contributed by atoms with Gasteiger partial charge in [0.1, 0.15) is 16.4 Å². The molecule has 2 atom stereocenters. The molecule has 2 aromatic rings. The lowest BCUT2D eigenvalue weighted by Crippen LogP contribution is -2.44. The van der Waals surface area contributed by atoms with Crippen LogP contribution in [0.1, 0.15) is 37.1 Å². The van der Waals surface area contributed by atoms with Crippen LogP contribution in [0.15, 0.2) is 34.4 Å². The first-order chi connectivity index (χ1) is 10.0. The van der Waals surface area contributed by atoms with Crippen LogP contribution >= 0.6 is 11.3 Å². The lowest BCUT2D eigenvalue weighted by Gasteiger charge is -2.22. The molecule has 2 heterocycles. The number of hydrogen-bond donors (Lipinski definition) is 3. The Morgan fingerprint density at radius 3 is 3.00 bits per heavy atom. The lowest BCUT2D eigenvalue weighted by atomic mass is 10.0. The smallest absolute Gasteiger partial charge is 0.315 e. The molecule has 0 radical (unpaired) electrons. The first kappa shape index (κ1) is 15.5. The van der Waals surface area contributed by atoms with Crippen LogP contribution in [0.25, 0.3) is 0 Å². The van der Waals surface area contributed by atoms with Crippen molar-refractivity contribution < 1.29 is 14.3 Å². The number of aromatic nitrogens is 1. The molecule has 2 aromatic heterocycles. The van der Waals surface area contributed by atoms with Crippen molar-refractivity contribution in [2.24, 2.45) is 0 Å². The highest BCUT2D eigenvalue weighted by Crippen LogP contribution is 2.20. The van der Waals surface area contributed by atoms with Gasteiger partial charge in [0, 0.05) is 11.6 Å². The third-order valence-electron chi connectivity index (χ3n) is 3.11. The molecule has 0 saturated carbocycles. The summed E-state index contributed by atoms with van der Waals surface area (Å²) in [7, 11) is 0. The topological polar surface area (TPSA) is 87.4 Å². The Morgan fingerprint density at radius 1 is 1.62 bits per heavy atom. The van der Waals surface area contributed by atoms with Crippen LogP contribution in [0, 0.1) is 0 Å². The fourth-order valence-corrected chi connectivity index (χ4v) is 2.65. The molecule has 114 valence electrons. The quantitative estimate of drug-likeness (QED) is 0.764. The van der Waals surface area contributed by atoms with E-state index in [4.69, 9.17) is 4.42 Å². The first-order valence-corrected chi connectivity index (χ1v) is 7.61. The number of nitrogens with one attached hydrogen (secondary N) is 2. The molecule has 0 spiro atoms. The Labute approximate surface area is 127 Å². The predicted octanol–water partition coefficient (Wildman–Crippen LogP) is 2.39. The molecule has 2 amide bonds. The number of urea groups is 1. The van der Waals surface area contributed by atoms with Crippen molar-refractivity contribution in [3.8, 4) is 0 Å². The number of rotatable bonds is 6. The van der Waals surface area contributed by atoms with Crippen LogP contribution in [-0.2, 0) is 5.60 Å². The van der Waals surface area contributed by atoms with Crippen LogP contribution in [0.5, 0.6) is 0 Å². The number of nitrogens with zero attached hydrogens (tertiary/aromatic N) is 1. The van der Waals surface area contributed by atoms with E-state index in [1.807, 2.05) is 12.3 Å². The summed E-state index contributed by atoms with van der Waals surface area (Å²) in [6.07, 6.45) is 3.94. The summed E-state index contributed by atoms with van der Waals surface area (Å²) in [4.78, 5) is 16.1. The molecule has 0 aliphatic carbocycles. The van der Waals surface area contributed by atoms with Gasteiger partial charge in [-0.15, -0.1) is 11.3 Å². The molecular weight excluding hydrogens is 290 g/mol. The number of aliphatic hydroxyl groups is 1. The van der Waals surface area contributed by atoms with Gasteiger partial charge < -0.3 is 20.2 Å². The molecule has 0 aromatic carbocycles. The zero-order chi connectivity index (χ0) is 15.3. The minimum absolute atomic E-state index is 0.0562. The molecule has 0 aliphatic rings. The molecule has 21 heavy (non-hydrogen) atoms. The largest absolute Gasteiger partial charge is 0.466 e. The Balaban J connectivity index is 1.87. The SMILES string of the molecule is CCC(NC(=O)NCC(C)(O)c1ccco1)c1nccs1. The van der Waals surface area contributed by atoms with Crippen LogP contribution in [0.3, 0.4) is 0 Å². The van der Waals surface area contributed by atoms with Gasteiger partial charge in [0.15, 0.2) is 0 Å². The first-order valence-electron chi connectivity index (χ1n) is 6.73. The zero-order valence-electron chi connectivity index (χ0n) is 12.0. The van der Waals surface area contributed by atoms with E-state index in [2.05, 4.69) is 15.6 Å². The molecule has 0 aliphatic heterocycles. The van der Waals surface area contributed by atoms with Crippen molar-refractivity contribution in [1.29, 1.82) is 0 Å². The molecule has 7 heteroatoms. The third-order valence-corrected chi connectivity index (χ3v) is 4.00. The number of amides is 2. The van der Waals surface area contributed by atoms with Crippen molar-refractivity contribution in [3.05, 3.63) is 40.7 Å². The Bertz CT molecular complexity index is 552. The second-order valence-electron chi connectivity index (χ2n) is 4.91. The minimum atomic E-state index is -1.25. The van der Waals surface area contributed by atoms with Gasteiger partial charge in [0.25, 0.3) is 0 Å². The molecule has 0 saturated heterocycles. The average molecular weight is 309 g/mol. The van der Waals surface area contributed by atoms with E-state index in [0.29, 0.717) is 5.76 Å². The van der Waals surface area contributed by atoms with Crippen molar-refractivity contribution in [2.75, 3.05) is 6.54 Å². The summed E-state index contributed by atoms with van der Waals surface area (Å²) in [5.74, 6) is 0.412. The Morgan fingerprint density at radius 2 is 2.43 bits per heavy atom. The molecule has 2 unspecified atom stereocenters. The van der Waals surface area contributed by atoms with Crippen LogP contribution in [0.4, 0.5) is 4.79 Å². The van der Waals surface area contributed by atoms with Crippen molar-refractivity contribution in [2.45, 2.75) is 31.9 Å². The molecule has 0 fully saturated rings. The minimum Gasteiger partial charge on any atom is -0.466 e. The van der Waals surface area contributed by atoms with Gasteiger partial charge in [0.2, 0.25) is 0 Å². The van der Waals surface area contributed by atoms with E-state index in [9.17, 15) is 9.90 Å². The van der Waals surface area contributed by atoms with Gasteiger partial charge in [-0.3, -0.25) is 0 Å². The Kier molecular flexibility index (Phi) is 4.98. The molecule has 0 bridgehead atoms. The van der Waals surface area contributed by atoms with Crippen LogP contribution in [0.2, 0.25) is 0 Å². The van der Waals surface area contributed by atoms with E-state index in [-0.39, 0.29) is 18.6 Å². The van der Waals surface area contributed by atoms with Crippen LogP contribution in [-0.4, -0.2) is 22.7 Å². The maximum absolute atomic E-state index is 11.9. The highest BCUT2D eigenvalue weighted by molar-refractivity contribution is 7.09. The monoisotopic (exact) mass is 309 g/mol. The predicted molar refractivity (Wildman–Crippen MR) is 80.0 cm³/mol. The summed E-state index contributed by atoms with van der Waals surface area (Å²) < 4.78 is 5.16. The van der Waals surface area contributed by atoms with Gasteiger partial charge in [0.05, 0.1) is 18.8 Å². The summed E-state index contributed by atoms with van der Waals surface area (Å²) >= 11 is 1.50. The Hall–Kier alpha value is -1.86. The molecule has 6 nitrogen and oxygen atoms in total. The fraction of sp³-hybridized carbons (Fsp3) is 0.429. The van der Waals surface area contributed by atoms with Gasteiger partial charge in [-0.1, -0.05) is 6.92 Å². The van der Waals surface area contributed by atoms with E-state index in [0.717, 1.165) is 11.4 Å². The van der Waals surface area contributed by atoms with Gasteiger partial charge in [-0.2, -0.15) is 0 Å². The van der Waals surface area contributed by atoms with Crippen LogP contribution < -0.4 is 10.6 Å². The molecule has 2 rings (SSSR count). The number of carbonyl (C=O) groups excluding carboxylic acids is 1. The average Bonchev–Trinajstić information content (AvgIpc) is 3.14. The lowest BCUT2D eigenvalue weighted by molar-refractivity contribution is 0.0366. The molecule has 3 N–H and O–H groups in total. The second-order valence-corrected chi connectivity index (χ2v) is 5.84. The number of furan rings is 1. The molecular formula is C14H19N3O3S. The zero-order valence-corrected chi connectivity index (χ0v) is 12.8. The third kappa shape index (κ3) is 4.05. The summed E-state index contributed by atoms with van der Waals surface area (Å²) in [5.41, 5.74) is -1.25. The van der Waals surface area contributed by atoms with Gasteiger partial charge in [-0.05, 0) is 25.5 Å². The number of thiazole rings is 1. The van der Waals surface area contributed by atoms with Crippen molar-refractivity contribution >= 4 is 17.4 Å². The van der Waals surface area contributed by atoms with Gasteiger partial charge >= 0.3 is 6.03 Å². The standard InChI is InChI=1S/C14H19N3O3S/c1-3-10(12-15-6-8-21-12)17-13(18)16-9-14(2,19)11-5-4-7-20-11/h4-8,10,19H,3,9H2,1-2H3,(H2,16,17,18). The number of carbonyl (C=O) groups is 1. The summed E-state index contributed by atoms with van der Waals surface area (Å²) in [5, 5.41) is 18.5. The fourth-order valence-electron chi connectivity index (χ4n) is 1.88. The highest BCUT2D eigenvalue weighted by Gasteiger charge is 2.27. The normalized spacial score (nSPS) is 15.2. The maximum Gasteiger partial charge on any atom is 0.315 e. The van der Waals surface area contributed by atoms with Gasteiger partial charge in [-0.25, -0.2) is 9.78 Å². The van der Waals surface area contributed by atoms with Crippen molar-refractivity contribution in [3.63, 3.8) is 0 Å². The highest BCUT2D eigenvalue weighted by atomic mass is 32.1.